The van der Waals surface area contributed by atoms with Crippen LogP contribution in [0.25, 0.3) is 12.2 Å². The summed E-state index contributed by atoms with van der Waals surface area (Å²) in [6, 6.07) is 17.3. The van der Waals surface area contributed by atoms with E-state index in [2.05, 4.69) is 75.5 Å². The molecule has 2 aromatic carbocycles. The molecule has 0 bridgehead atoms. The van der Waals surface area contributed by atoms with Crippen molar-refractivity contribution in [3.05, 3.63) is 83.9 Å². The molecule has 0 aliphatic carbocycles. The van der Waals surface area contributed by atoms with Crippen molar-refractivity contribution >= 4 is 12.2 Å². The number of rotatable bonds is 5. The minimum Gasteiger partial charge on any atom is -0.0985 e. The summed E-state index contributed by atoms with van der Waals surface area (Å²) in [6.07, 6.45) is 3.76. The number of hydrogen-bond donors (Lipinski definition) is 0. The molecule has 20 heavy (non-hydrogen) atoms. The maximum atomic E-state index is 3.80. The molecule has 0 nitrogen and oxygen atoms in total. The Bertz CT molecular complexity index is 517. The minimum atomic E-state index is 0.489. The first-order valence-electron chi connectivity index (χ1n) is 7.10. The molecule has 0 saturated heterocycles. The number of hydrogen-bond acceptors (Lipinski definition) is 0. The molecule has 0 heterocycles. The van der Waals surface area contributed by atoms with E-state index in [-0.39, 0.29) is 0 Å². The quantitative estimate of drug-likeness (QED) is 0.631. The summed E-state index contributed by atoms with van der Waals surface area (Å²) in [5, 5.41) is 0. The molecule has 2 aromatic rings. The van der Waals surface area contributed by atoms with Crippen molar-refractivity contribution in [3.63, 3.8) is 0 Å². The van der Waals surface area contributed by atoms with Gasteiger partial charge in [-0.05, 0) is 34.1 Å². The maximum Gasteiger partial charge on any atom is -0.0124 e. The van der Waals surface area contributed by atoms with Gasteiger partial charge in [-0.25, -0.2) is 0 Å². The first-order valence-corrected chi connectivity index (χ1v) is 7.10. The van der Waals surface area contributed by atoms with Crippen LogP contribution in [0.4, 0.5) is 0 Å². The molecule has 0 saturated carbocycles. The summed E-state index contributed by atoms with van der Waals surface area (Å²) >= 11 is 0. The molecule has 0 aliphatic rings. The predicted molar refractivity (Wildman–Crippen MR) is 89.9 cm³/mol. The van der Waals surface area contributed by atoms with Crippen molar-refractivity contribution < 1.29 is 0 Å². The van der Waals surface area contributed by atoms with Crippen molar-refractivity contribution in [1.29, 1.82) is 0 Å². The Morgan fingerprint density at radius 2 is 0.950 bits per heavy atom. The van der Waals surface area contributed by atoms with Gasteiger partial charge in [-0.3, -0.25) is 0 Å². The van der Waals surface area contributed by atoms with Crippen LogP contribution in [0, 0.1) is 0 Å². The Morgan fingerprint density at radius 3 is 1.20 bits per heavy atom. The zero-order chi connectivity index (χ0) is 14.5. The number of benzene rings is 2. The van der Waals surface area contributed by atoms with Crippen molar-refractivity contribution in [2.45, 2.75) is 25.7 Å². The van der Waals surface area contributed by atoms with Gasteiger partial charge in [-0.15, -0.1) is 0 Å². The van der Waals surface area contributed by atoms with E-state index in [0.29, 0.717) is 11.8 Å². The van der Waals surface area contributed by atoms with Gasteiger partial charge >= 0.3 is 0 Å². The normalized spacial score (nSPS) is 13.5. The van der Waals surface area contributed by atoms with Crippen LogP contribution in [0.2, 0.25) is 0 Å². The molecule has 2 rings (SSSR count). The van der Waals surface area contributed by atoms with Crippen LogP contribution in [-0.4, -0.2) is 0 Å². The zero-order valence-corrected chi connectivity index (χ0v) is 12.3. The fraction of sp³-hybridized carbons (Fsp3) is 0.200. The lowest BCUT2D eigenvalue weighted by atomic mass is 9.83. The van der Waals surface area contributed by atoms with Gasteiger partial charge < -0.3 is 0 Å². The third-order valence-corrected chi connectivity index (χ3v) is 4.15. The molecular weight excluding hydrogens is 240 g/mol. The lowest BCUT2D eigenvalue weighted by Gasteiger charge is -2.21. The highest BCUT2D eigenvalue weighted by atomic mass is 14.2. The van der Waals surface area contributed by atoms with Crippen LogP contribution in [-0.2, 0) is 0 Å². The van der Waals surface area contributed by atoms with Gasteiger partial charge in [0, 0.05) is 0 Å². The van der Waals surface area contributed by atoms with E-state index in [1.165, 1.54) is 22.3 Å². The summed E-state index contributed by atoms with van der Waals surface area (Å²) in [7, 11) is 0. The third kappa shape index (κ3) is 3.08. The molecule has 0 spiro atoms. The first kappa shape index (κ1) is 14.3. The summed E-state index contributed by atoms with van der Waals surface area (Å²) in [5.41, 5.74) is 5.08. The molecule has 0 radical (unpaired) electrons. The molecule has 0 heteroatoms. The molecule has 0 amide bonds. The van der Waals surface area contributed by atoms with Crippen LogP contribution in [0.5, 0.6) is 0 Å². The Morgan fingerprint density at radius 1 is 0.650 bits per heavy atom. The molecule has 0 fully saturated rings. The average molecular weight is 262 g/mol. The fourth-order valence-corrected chi connectivity index (χ4v) is 2.45. The maximum absolute atomic E-state index is 3.80. The highest BCUT2D eigenvalue weighted by Gasteiger charge is 2.16. The van der Waals surface area contributed by atoms with Crippen LogP contribution in [0.15, 0.2) is 61.7 Å². The first-order chi connectivity index (χ1) is 9.65. The summed E-state index contributed by atoms with van der Waals surface area (Å²) in [5.74, 6) is 0.979. The SMILES string of the molecule is C=Cc1ccc(C(C)C(C)c2ccc(C=C)cc2)cc1. The zero-order valence-electron chi connectivity index (χ0n) is 12.3. The van der Waals surface area contributed by atoms with E-state index < -0.39 is 0 Å². The van der Waals surface area contributed by atoms with E-state index in [9.17, 15) is 0 Å². The van der Waals surface area contributed by atoms with E-state index in [4.69, 9.17) is 0 Å². The van der Waals surface area contributed by atoms with Crippen molar-refractivity contribution in [2.24, 2.45) is 0 Å². The van der Waals surface area contributed by atoms with Crippen molar-refractivity contribution in [1.82, 2.24) is 0 Å². The highest BCUT2D eigenvalue weighted by Crippen LogP contribution is 2.32. The Balaban J connectivity index is 2.19. The molecule has 0 aliphatic heterocycles. The van der Waals surface area contributed by atoms with E-state index in [1.807, 2.05) is 12.2 Å². The average Bonchev–Trinajstić information content (AvgIpc) is 2.53. The lowest BCUT2D eigenvalue weighted by Crippen LogP contribution is -2.04. The molecule has 102 valence electrons. The molecule has 2 atom stereocenters. The lowest BCUT2D eigenvalue weighted by molar-refractivity contribution is 0.624. The summed E-state index contributed by atoms with van der Waals surface area (Å²) < 4.78 is 0. The van der Waals surface area contributed by atoms with E-state index in [1.54, 1.807) is 0 Å². The molecule has 0 aromatic heterocycles. The molecular formula is C20H22. The van der Waals surface area contributed by atoms with Crippen LogP contribution >= 0.6 is 0 Å². The second-order valence-corrected chi connectivity index (χ2v) is 5.32. The Hall–Kier alpha value is -2.08. The van der Waals surface area contributed by atoms with Gasteiger partial charge in [0.15, 0.2) is 0 Å². The smallest absolute Gasteiger partial charge is 0.0124 e. The Kier molecular flexibility index (Phi) is 4.57. The minimum absolute atomic E-state index is 0.489. The van der Waals surface area contributed by atoms with Gasteiger partial charge in [0.05, 0.1) is 0 Å². The standard InChI is InChI=1S/C20H22/c1-5-17-7-11-19(12-8-17)15(3)16(4)20-13-9-18(6-2)10-14-20/h5-16H,1-2H2,3-4H3. The van der Waals surface area contributed by atoms with Gasteiger partial charge in [0.25, 0.3) is 0 Å². The third-order valence-electron chi connectivity index (χ3n) is 4.15. The largest absolute Gasteiger partial charge is 0.0985 e. The highest BCUT2D eigenvalue weighted by molar-refractivity contribution is 5.49. The summed E-state index contributed by atoms with van der Waals surface area (Å²) in [6.45, 7) is 12.2. The van der Waals surface area contributed by atoms with Crippen molar-refractivity contribution in [2.75, 3.05) is 0 Å². The monoisotopic (exact) mass is 262 g/mol. The van der Waals surface area contributed by atoms with Crippen LogP contribution < -0.4 is 0 Å². The molecule has 2 unspecified atom stereocenters. The van der Waals surface area contributed by atoms with Crippen LogP contribution in [0.3, 0.4) is 0 Å². The topological polar surface area (TPSA) is 0 Å². The van der Waals surface area contributed by atoms with Crippen molar-refractivity contribution in [3.8, 4) is 0 Å². The van der Waals surface area contributed by atoms with Gasteiger partial charge in [-0.2, -0.15) is 0 Å². The van der Waals surface area contributed by atoms with Gasteiger partial charge in [-0.1, -0.05) is 87.7 Å². The summed E-state index contributed by atoms with van der Waals surface area (Å²) in [4.78, 5) is 0. The second kappa shape index (κ2) is 6.38. The van der Waals surface area contributed by atoms with Gasteiger partial charge in [0.2, 0.25) is 0 Å². The second-order valence-electron chi connectivity index (χ2n) is 5.32. The Labute approximate surface area is 122 Å². The fourth-order valence-electron chi connectivity index (χ4n) is 2.45. The van der Waals surface area contributed by atoms with Crippen LogP contribution in [0.1, 0.15) is 47.9 Å². The predicted octanol–water partition coefficient (Wildman–Crippen LogP) is 5.88. The molecule has 0 N–H and O–H groups in total. The van der Waals surface area contributed by atoms with E-state index in [0.717, 1.165) is 0 Å². The van der Waals surface area contributed by atoms with E-state index >= 15 is 0 Å². The van der Waals surface area contributed by atoms with Gasteiger partial charge in [0.1, 0.15) is 0 Å².